The van der Waals surface area contributed by atoms with Gasteiger partial charge in [0, 0.05) is 11.7 Å². The van der Waals surface area contributed by atoms with Gasteiger partial charge in [0.05, 0.1) is 0 Å². The molecule has 0 saturated heterocycles. The maximum absolute atomic E-state index is 10.6. The van der Waals surface area contributed by atoms with Gasteiger partial charge >= 0.3 is 0 Å². The van der Waals surface area contributed by atoms with E-state index in [0.29, 0.717) is 11.8 Å². The fraction of sp³-hybridized carbons (Fsp3) is 0.588. The Morgan fingerprint density at radius 1 is 1.19 bits per heavy atom. The molecule has 0 fully saturated rings. The molecule has 0 aliphatic carbocycles. The smallest absolute Gasteiger partial charge is 0.255 e. The number of carbonyl (C=O) groups is 1. The van der Waals surface area contributed by atoms with E-state index in [9.17, 15) is 4.79 Å². The van der Waals surface area contributed by atoms with Gasteiger partial charge in [-0.05, 0) is 37.6 Å². The van der Waals surface area contributed by atoms with Crippen LogP contribution in [0.5, 0.6) is 5.75 Å². The molecule has 4 heteroatoms. The first-order valence-corrected chi connectivity index (χ1v) is 7.89. The molecular formula is C17H28N2O2. The summed E-state index contributed by atoms with van der Waals surface area (Å²) in [5.74, 6) is 0.195. The van der Waals surface area contributed by atoms with Gasteiger partial charge in [-0.1, -0.05) is 39.0 Å². The summed E-state index contributed by atoms with van der Waals surface area (Å²) in [5.41, 5.74) is 6.11. The van der Waals surface area contributed by atoms with E-state index in [1.165, 1.54) is 38.5 Å². The quantitative estimate of drug-likeness (QED) is 0.611. The first-order valence-electron chi connectivity index (χ1n) is 7.89. The van der Waals surface area contributed by atoms with Gasteiger partial charge in [-0.2, -0.15) is 0 Å². The van der Waals surface area contributed by atoms with Gasteiger partial charge in [0.2, 0.25) is 0 Å². The van der Waals surface area contributed by atoms with Gasteiger partial charge in [-0.3, -0.25) is 4.79 Å². The molecule has 0 aliphatic heterocycles. The molecule has 0 heterocycles. The number of ether oxygens (including phenoxy) is 1. The number of unbranched alkanes of at least 4 members (excludes halogenated alkanes) is 4. The van der Waals surface area contributed by atoms with Crippen molar-refractivity contribution in [1.29, 1.82) is 0 Å². The molecule has 0 spiro atoms. The second-order valence-corrected chi connectivity index (χ2v) is 5.53. The van der Waals surface area contributed by atoms with Crippen molar-refractivity contribution in [3.8, 4) is 5.75 Å². The lowest BCUT2D eigenvalue weighted by molar-refractivity contribution is -0.119. The minimum absolute atomic E-state index is 0.0824. The molecule has 0 saturated carbocycles. The number of benzene rings is 1. The van der Waals surface area contributed by atoms with Gasteiger partial charge in [-0.15, -0.1) is 0 Å². The molecule has 118 valence electrons. The summed E-state index contributed by atoms with van der Waals surface area (Å²) in [6.07, 6.45) is 7.75. The Morgan fingerprint density at radius 3 is 2.48 bits per heavy atom. The van der Waals surface area contributed by atoms with Crippen LogP contribution in [0.3, 0.4) is 0 Å². The number of carbonyl (C=O) groups excluding carboxylic acids is 1. The van der Waals surface area contributed by atoms with E-state index in [1.54, 1.807) is 0 Å². The number of rotatable bonds is 11. The van der Waals surface area contributed by atoms with Crippen LogP contribution in [0.25, 0.3) is 0 Å². The minimum Gasteiger partial charge on any atom is -0.484 e. The number of nitrogens with two attached hydrogens (primary N) is 1. The molecule has 0 aliphatic rings. The highest BCUT2D eigenvalue weighted by molar-refractivity contribution is 5.75. The first-order chi connectivity index (χ1) is 10.1. The lowest BCUT2D eigenvalue weighted by atomic mass is 10.1. The molecule has 1 amide bonds. The summed E-state index contributed by atoms with van der Waals surface area (Å²) in [6.45, 7) is 4.36. The number of hydrogen-bond acceptors (Lipinski definition) is 3. The van der Waals surface area contributed by atoms with Crippen molar-refractivity contribution >= 4 is 11.6 Å². The van der Waals surface area contributed by atoms with Gasteiger partial charge in [0.1, 0.15) is 5.75 Å². The summed E-state index contributed by atoms with van der Waals surface area (Å²) >= 11 is 0. The molecule has 3 N–H and O–H groups in total. The second-order valence-electron chi connectivity index (χ2n) is 5.53. The third kappa shape index (κ3) is 8.23. The van der Waals surface area contributed by atoms with Crippen molar-refractivity contribution in [3.05, 3.63) is 24.3 Å². The minimum atomic E-state index is -0.464. The second kappa shape index (κ2) is 10.1. The van der Waals surface area contributed by atoms with Crippen LogP contribution in [0, 0.1) is 0 Å². The SMILES string of the molecule is CCCCCCCC(C)Nc1ccc(OCC(N)=O)cc1. The summed E-state index contributed by atoms with van der Waals surface area (Å²) in [6, 6.07) is 8.08. The van der Waals surface area contributed by atoms with Crippen LogP contribution in [-0.4, -0.2) is 18.6 Å². The summed E-state index contributed by atoms with van der Waals surface area (Å²) in [7, 11) is 0. The Hall–Kier alpha value is -1.71. The fourth-order valence-corrected chi connectivity index (χ4v) is 2.21. The molecule has 1 atom stereocenters. The van der Waals surface area contributed by atoms with Gasteiger partial charge in [0.25, 0.3) is 5.91 Å². The highest BCUT2D eigenvalue weighted by Gasteiger charge is 2.03. The molecule has 1 unspecified atom stereocenters. The van der Waals surface area contributed by atoms with E-state index in [-0.39, 0.29) is 6.61 Å². The van der Waals surface area contributed by atoms with E-state index < -0.39 is 5.91 Å². The van der Waals surface area contributed by atoms with Gasteiger partial charge < -0.3 is 15.8 Å². The third-order valence-electron chi connectivity index (χ3n) is 3.39. The van der Waals surface area contributed by atoms with E-state index in [1.807, 2.05) is 24.3 Å². The summed E-state index contributed by atoms with van der Waals surface area (Å²) in [5, 5.41) is 3.48. The number of anilines is 1. The van der Waals surface area contributed by atoms with Crippen LogP contribution in [-0.2, 0) is 4.79 Å². The monoisotopic (exact) mass is 292 g/mol. The highest BCUT2D eigenvalue weighted by atomic mass is 16.5. The molecular weight excluding hydrogens is 264 g/mol. The molecule has 1 aromatic carbocycles. The Morgan fingerprint density at radius 2 is 1.86 bits per heavy atom. The average Bonchev–Trinajstić information content (AvgIpc) is 2.46. The number of nitrogens with one attached hydrogen (secondary N) is 1. The predicted octanol–water partition coefficient (Wildman–Crippen LogP) is 3.71. The Labute approximate surface area is 128 Å². The lowest BCUT2D eigenvalue weighted by Gasteiger charge is -2.15. The van der Waals surface area contributed by atoms with Crippen molar-refractivity contribution in [3.63, 3.8) is 0 Å². The van der Waals surface area contributed by atoms with Crippen LogP contribution in [0.4, 0.5) is 5.69 Å². The van der Waals surface area contributed by atoms with E-state index in [2.05, 4.69) is 19.2 Å². The largest absolute Gasteiger partial charge is 0.484 e. The molecule has 0 bridgehead atoms. The van der Waals surface area contributed by atoms with Crippen molar-refractivity contribution in [1.82, 2.24) is 0 Å². The topological polar surface area (TPSA) is 64.3 Å². The first kappa shape index (κ1) is 17.3. The Bertz CT molecular complexity index is 404. The average molecular weight is 292 g/mol. The van der Waals surface area contributed by atoms with Crippen LogP contribution < -0.4 is 15.8 Å². The molecule has 0 aromatic heterocycles. The lowest BCUT2D eigenvalue weighted by Crippen LogP contribution is -2.20. The van der Waals surface area contributed by atoms with Crippen LogP contribution in [0.15, 0.2) is 24.3 Å². The maximum Gasteiger partial charge on any atom is 0.255 e. The molecule has 0 radical (unpaired) electrons. The van der Waals surface area contributed by atoms with Gasteiger partial charge in [0.15, 0.2) is 6.61 Å². The number of primary amides is 1. The number of hydrogen-bond donors (Lipinski definition) is 2. The fourth-order valence-electron chi connectivity index (χ4n) is 2.21. The standard InChI is InChI=1S/C17H28N2O2/c1-3-4-5-6-7-8-14(2)19-15-9-11-16(12-10-15)21-13-17(18)20/h9-12,14,19H,3-8,13H2,1-2H3,(H2,18,20). The summed E-state index contributed by atoms with van der Waals surface area (Å²) in [4.78, 5) is 10.6. The Balaban J connectivity index is 2.25. The number of amides is 1. The molecule has 21 heavy (non-hydrogen) atoms. The van der Waals surface area contributed by atoms with Crippen LogP contribution in [0.2, 0.25) is 0 Å². The zero-order chi connectivity index (χ0) is 15.5. The molecule has 4 nitrogen and oxygen atoms in total. The normalized spacial score (nSPS) is 11.9. The zero-order valence-corrected chi connectivity index (χ0v) is 13.2. The van der Waals surface area contributed by atoms with Crippen molar-refractivity contribution in [2.24, 2.45) is 5.73 Å². The van der Waals surface area contributed by atoms with Crippen molar-refractivity contribution < 1.29 is 9.53 Å². The van der Waals surface area contributed by atoms with Crippen molar-refractivity contribution in [2.75, 3.05) is 11.9 Å². The van der Waals surface area contributed by atoms with Crippen LogP contribution >= 0.6 is 0 Å². The van der Waals surface area contributed by atoms with E-state index in [0.717, 1.165) is 5.69 Å². The maximum atomic E-state index is 10.6. The van der Waals surface area contributed by atoms with E-state index in [4.69, 9.17) is 10.5 Å². The molecule has 1 aromatic rings. The Kier molecular flexibility index (Phi) is 8.32. The highest BCUT2D eigenvalue weighted by Crippen LogP contribution is 2.17. The zero-order valence-electron chi connectivity index (χ0n) is 13.2. The van der Waals surface area contributed by atoms with E-state index >= 15 is 0 Å². The predicted molar refractivity (Wildman–Crippen MR) is 87.6 cm³/mol. The molecule has 1 rings (SSSR count). The van der Waals surface area contributed by atoms with Gasteiger partial charge in [-0.25, -0.2) is 0 Å². The van der Waals surface area contributed by atoms with Crippen LogP contribution in [0.1, 0.15) is 52.4 Å². The third-order valence-corrected chi connectivity index (χ3v) is 3.39. The van der Waals surface area contributed by atoms with Crippen molar-refractivity contribution in [2.45, 2.75) is 58.4 Å². The summed E-state index contributed by atoms with van der Waals surface area (Å²) < 4.78 is 5.23.